The van der Waals surface area contributed by atoms with Gasteiger partial charge >= 0.3 is 0 Å². The molecule has 0 bridgehead atoms. The summed E-state index contributed by atoms with van der Waals surface area (Å²) in [7, 11) is 1.61. The maximum absolute atomic E-state index is 13.1. The lowest BCUT2D eigenvalue weighted by Crippen LogP contribution is -2.50. The number of aromatic amines is 1. The number of H-pyrrole nitrogens is 1. The van der Waals surface area contributed by atoms with Crippen LogP contribution in [0.2, 0.25) is 0 Å². The second-order valence-corrected chi connectivity index (χ2v) is 10.2. The molecule has 0 fully saturated rings. The van der Waals surface area contributed by atoms with Crippen molar-refractivity contribution in [2.75, 3.05) is 13.7 Å². The van der Waals surface area contributed by atoms with Gasteiger partial charge in [0.15, 0.2) is 5.75 Å². The monoisotopic (exact) mass is 542 g/mol. The number of hydrogen-bond donors (Lipinski definition) is 1. The van der Waals surface area contributed by atoms with Crippen molar-refractivity contribution >= 4 is 44.3 Å². The van der Waals surface area contributed by atoms with Crippen LogP contribution in [0.15, 0.2) is 78.4 Å². The zero-order chi connectivity index (χ0) is 27.4. The first kappa shape index (κ1) is 26.2. The quantitative estimate of drug-likeness (QED) is 0.233. The Morgan fingerprint density at radius 1 is 1.00 bits per heavy atom. The Labute approximate surface area is 230 Å². The number of para-hydroxylation sites is 2. The molecule has 9 heteroatoms. The van der Waals surface area contributed by atoms with Gasteiger partial charge < -0.3 is 19.5 Å². The lowest BCUT2D eigenvalue weighted by atomic mass is 10.0. The summed E-state index contributed by atoms with van der Waals surface area (Å²) in [6.45, 7) is 3.61. The molecule has 0 saturated carbocycles. The van der Waals surface area contributed by atoms with E-state index in [1.807, 2.05) is 66.9 Å². The lowest BCUT2D eigenvalue weighted by Gasteiger charge is -2.34. The first-order valence-electron chi connectivity index (χ1n) is 12.7. The van der Waals surface area contributed by atoms with E-state index in [0.717, 1.165) is 32.2 Å². The number of hydroxylamine groups is 2. The van der Waals surface area contributed by atoms with Gasteiger partial charge in [-0.05, 0) is 29.8 Å². The lowest BCUT2D eigenvalue weighted by molar-refractivity contribution is -0.166. The summed E-state index contributed by atoms with van der Waals surface area (Å²) >= 11 is 1.51. The van der Waals surface area contributed by atoms with Crippen molar-refractivity contribution in [3.63, 3.8) is 0 Å². The van der Waals surface area contributed by atoms with Crippen LogP contribution in [-0.2, 0) is 22.6 Å². The Kier molecular flexibility index (Phi) is 7.79. The molecule has 2 aromatic heterocycles. The van der Waals surface area contributed by atoms with Crippen LogP contribution in [0.4, 0.5) is 0 Å². The third-order valence-corrected chi connectivity index (χ3v) is 7.50. The average Bonchev–Trinajstić information content (AvgIpc) is 3.57. The van der Waals surface area contributed by atoms with Crippen LogP contribution in [0.3, 0.4) is 0 Å². The Hall–Kier alpha value is -4.37. The number of carbonyl (C=O) groups is 2. The summed E-state index contributed by atoms with van der Waals surface area (Å²) in [5.41, 5.74) is 5.57. The molecule has 8 nitrogen and oxygen atoms in total. The predicted octanol–water partition coefficient (Wildman–Crippen LogP) is 5.59. The fourth-order valence-corrected chi connectivity index (χ4v) is 5.48. The van der Waals surface area contributed by atoms with Crippen molar-refractivity contribution in [3.8, 4) is 11.5 Å². The number of nitrogens with one attached hydrogen (secondary N) is 1. The van der Waals surface area contributed by atoms with E-state index in [-0.39, 0.29) is 18.4 Å². The fourth-order valence-electron chi connectivity index (χ4n) is 4.78. The summed E-state index contributed by atoms with van der Waals surface area (Å²) in [5.74, 6) is 0.865. The minimum Gasteiger partial charge on any atom is -0.496 e. The van der Waals surface area contributed by atoms with Gasteiger partial charge in [0.05, 0.1) is 28.9 Å². The highest BCUT2D eigenvalue weighted by Gasteiger charge is 2.29. The van der Waals surface area contributed by atoms with Gasteiger partial charge in [-0.3, -0.25) is 9.59 Å². The second kappa shape index (κ2) is 11.6. The van der Waals surface area contributed by atoms with Gasteiger partial charge in [-0.1, -0.05) is 36.4 Å². The van der Waals surface area contributed by atoms with Crippen LogP contribution >= 0.6 is 11.3 Å². The first-order valence-corrected chi connectivity index (χ1v) is 13.5. The Bertz CT molecular complexity index is 1610. The number of amides is 2. The molecule has 39 heavy (non-hydrogen) atoms. The van der Waals surface area contributed by atoms with Crippen LogP contribution in [-0.4, -0.2) is 51.4 Å². The number of nitrogens with zero attached hydrogens (tertiary/aromatic N) is 3. The number of ether oxygens (including phenoxy) is 1. The van der Waals surface area contributed by atoms with Crippen LogP contribution in [0.5, 0.6) is 11.5 Å². The Morgan fingerprint density at radius 2 is 1.79 bits per heavy atom. The molecule has 5 aromatic rings. The number of carbonyl (C=O) groups excluding carboxylic acids is 2. The summed E-state index contributed by atoms with van der Waals surface area (Å²) in [6.07, 6.45) is 2.43. The summed E-state index contributed by atoms with van der Waals surface area (Å²) in [6, 6.07) is 20.7. The number of thiazole rings is 1. The molecule has 1 unspecified atom stereocenters. The highest BCUT2D eigenvalue weighted by atomic mass is 32.1. The van der Waals surface area contributed by atoms with E-state index in [2.05, 4.69) is 9.97 Å². The molecule has 0 spiro atoms. The number of benzene rings is 3. The molecule has 2 heterocycles. The first-order chi connectivity index (χ1) is 18.9. The van der Waals surface area contributed by atoms with Gasteiger partial charge in [-0.15, -0.1) is 11.3 Å². The van der Waals surface area contributed by atoms with Gasteiger partial charge in [-0.25, -0.2) is 4.98 Å². The number of aromatic nitrogens is 2. The van der Waals surface area contributed by atoms with E-state index in [1.165, 1.54) is 30.2 Å². The van der Waals surface area contributed by atoms with Crippen LogP contribution in [0.1, 0.15) is 25.0 Å². The molecule has 0 aliphatic carbocycles. The highest BCUT2D eigenvalue weighted by molar-refractivity contribution is 7.16. The predicted molar refractivity (Wildman–Crippen MR) is 153 cm³/mol. The third-order valence-electron chi connectivity index (χ3n) is 6.71. The molecule has 2 amide bonds. The number of hydrogen-bond acceptors (Lipinski definition) is 6. The summed E-state index contributed by atoms with van der Waals surface area (Å²) in [4.78, 5) is 41.6. The van der Waals surface area contributed by atoms with E-state index in [0.29, 0.717) is 24.5 Å². The van der Waals surface area contributed by atoms with E-state index in [4.69, 9.17) is 9.57 Å². The molecular formula is C30H30N4O4S. The molecule has 1 atom stereocenters. The van der Waals surface area contributed by atoms with E-state index < -0.39 is 6.04 Å². The zero-order valence-corrected chi connectivity index (χ0v) is 22.9. The summed E-state index contributed by atoms with van der Waals surface area (Å²) < 4.78 is 6.49. The number of fused-ring (bicyclic) bond motifs is 2. The Morgan fingerprint density at radius 3 is 2.59 bits per heavy atom. The van der Waals surface area contributed by atoms with Crippen molar-refractivity contribution in [2.24, 2.45) is 0 Å². The smallest absolute Gasteiger partial charge is 0.252 e. The molecule has 0 aliphatic rings. The average molecular weight is 543 g/mol. The van der Waals surface area contributed by atoms with Crippen molar-refractivity contribution in [2.45, 2.75) is 32.9 Å². The van der Waals surface area contributed by atoms with Crippen LogP contribution in [0.25, 0.3) is 21.1 Å². The number of methoxy groups -OCH3 is 1. The van der Waals surface area contributed by atoms with Crippen molar-refractivity contribution < 1.29 is 19.2 Å². The topological polar surface area (TPSA) is 87.8 Å². The van der Waals surface area contributed by atoms with E-state index in [1.54, 1.807) is 23.6 Å². The zero-order valence-electron chi connectivity index (χ0n) is 22.1. The molecular weight excluding hydrogens is 512 g/mol. The van der Waals surface area contributed by atoms with Crippen molar-refractivity contribution in [1.29, 1.82) is 0 Å². The maximum Gasteiger partial charge on any atom is 0.252 e. The molecule has 0 radical (unpaired) electrons. The van der Waals surface area contributed by atoms with Gasteiger partial charge in [0, 0.05) is 62.1 Å². The highest BCUT2D eigenvalue weighted by Crippen LogP contribution is 2.27. The third kappa shape index (κ3) is 5.88. The molecule has 1 N–H and O–H groups in total. The number of rotatable bonds is 10. The second-order valence-electron chi connectivity index (χ2n) is 9.35. The Balaban J connectivity index is 1.49. The van der Waals surface area contributed by atoms with Crippen LogP contribution < -0.4 is 9.57 Å². The minimum absolute atomic E-state index is 0.112. The summed E-state index contributed by atoms with van der Waals surface area (Å²) in [5, 5.41) is 2.46. The fraction of sp³-hybridized carbons (Fsp3) is 0.233. The van der Waals surface area contributed by atoms with Gasteiger partial charge in [0.1, 0.15) is 5.75 Å². The van der Waals surface area contributed by atoms with E-state index >= 15 is 0 Å². The molecule has 200 valence electrons. The van der Waals surface area contributed by atoms with Crippen LogP contribution in [0, 0.1) is 0 Å². The maximum atomic E-state index is 13.1. The normalized spacial score (nSPS) is 11.9. The van der Waals surface area contributed by atoms with Gasteiger partial charge in [0.2, 0.25) is 5.91 Å². The minimum atomic E-state index is -0.475. The van der Waals surface area contributed by atoms with Gasteiger partial charge in [-0.2, -0.15) is 5.06 Å². The SMILES string of the molecule is COc1ccccc1CN(CC(Cc1c[nH]c2ccccc12)N(Oc1ccc2ncsc2c1)C(C)=O)C(C)=O. The standard InChI is InChI=1S/C30H30N4O4S/c1-20(35)33(17-22-8-4-7-11-29(22)37-3)18-24(14-23-16-31-27-10-6-5-9-26(23)27)34(21(2)36)38-25-12-13-28-30(15-25)39-19-32-28/h4-13,15-16,19,24,31H,14,17-18H2,1-3H3. The van der Waals surface area contributed by atoms with Crippen molar-refractivity contribution in [1.82, 2.24) is 19.9 Å². The van der Waals surface area contributed by atoms with E-state index in [9.17, 15) is 9.59 Å². The molecule has 5 rings (SSSR count). The molecule has 0 saturated heterocycles. The molecule has 3 aromatic carbocycles. The molecule has 0 aliphatic heterocycles. The van der Waals surface area contributed by atoms with Crippen molar-refractivity contribution in [3.05, 3.63) is 89.6 Å². The largest absolute Gasteiger partial charge is 0.496 e. The van der Waals surface area contributed by atoms with Gasteiger partial charge in [0.25, 0.3) is 5.91 Å².